The van der Waals surface area contributed by atoms with Crippen LogP contribution in [-0.2, 0) is 21.2 Å². The first-order valence-electron chi connectivity index (χ1n) is 9.17. The SMILES string of the molecule is O=C1NC2(CCN(S(=O)(=O)c3ccccc3)CC2)NC1Cc1ccccc1. The van der Waals surface area contributed by atoms with E-state index in [0.717, 1.165) is 5.56 Å². The van der Waals surface area contributed by atoms with Crippen molar-refractivity contribution in [1.82, 2.24) is 14.9 Å². The normalized spacial score (nSPS) is 22.7. The van der Waals surface area contributed by atoms with Gasteiger partial charge in [-0.3, -0.25) is 10.1 Å². The molecular weight excluding hydrogens is 362 g/mol. The third-order valence-electron chi connectivity index (χ3n) is 5.37. The molecule has 1 spiro atoms. The maximum absolute atomic E-state index is 12.8. The third kappa shape index (κ3) is 3.63. The van der Waals surface area contributed by atoms with E-state index in [4.69, 9.17) is 0 Å². The maximum atomic E-state index is 12.8. The van der Waals surface area contributed by atoms with Gasteiger partial charge in [-0.2, -0.15) is 4.31 Å². The molecule has 4 rings (SSSR count). The van der Waals surface area contributed by atoms with E-state index in [1.165, 1.54) is 4.31 Å². The van der Waals surface area contributed by atoms with Crippen molar-refractivity contribution < 1.29 is 13.2 Å². The molecule has 0 bridgehead atoms. The summed E-state index contributed by atoms with van der Waals surface area (Å²) in [6, 6.07) is 18.1. The Morgan fingerprint density at radius 1 is 0.963 bits per heavy atom. The average Bonchev–Trinajstić information content (AvgIpc) is 2.98. The van der Waals surface area contributed by atoms with Crippen molar-refractivity contribution in [3.8, 4) is 0 Å². The first-order valence-corrected chi connectivity index (χ1v) is 10.6. The molecule has 0 aliphatic carbocycles. The highest BCUT2D eigenvalue weighted by molar-refractivity contribution is 7.89. The van der Waals surface area contributed by atoms with Gasteiger partial charge in [0.1, 0.15) is 0 Å². The molecule has 1 amide bonds. The quantitative estimate of drug-likeness (QED) is 0.836. The Labute approximate surface area is 159 Å². The molecule has 2 heterocycles. The van der Waals surface area contributed by atoms with Gasteiger partial charge in [-0.25, -0.2) is 8.42 Å². The molecule has 142 valence electrons. The molecule has 0 aromatic heterocycles. The Morgan fingerprint density at radius 3 is 2.19 bits per heavy atom. The van der Waals surface area contributed by atoms with Crippen LogP contribution in [0.1, 0.15) is 18.4 Å². The monoisotopic (exact) mass is 385 g/mol. The summed E-state index contributed by atoms with van der Waals surface area (Å²) in [5, 5.41) is 6.51. The fourth-order valence-corrected chi connectivity index (χ4v) is 5.33. The van der Waals surface area contributed by atoms with Gasteiger partial charge in [0.15, 0.2) is 0 Å². The van der Waals surface area contributed by atoms with Crippen LogP contribution in [0.3, 0.4) is 0 Å². The number of sulfonamides is 1. The Hall–Kier alpha value is -2.22. The van der Waals surface area contributed by atoms with Gasteiger partial charge < -0.3 is 5.32 Å². The van der Waals surface area contributed by atoms with Crippen LogP contribution in [0.5, 0.6) is 0 Å². The van der Waals surface area contributed by atoms with E-state index in [1.54, 1.807) is 30.3 Å². The highest BCUT2D eigenvalue weighted by Gasteiger charge is 2.46. The summed E-state index contributed by atoms with van der Waals surface area (Å²) in [4.78, 5) is 12.8. The summed E-state index contributed by atoms with van der Waals surface area (Å²) in [6.45, 7) is 0.755. The molecule has 0 radical (unpaired) electrons. The largest absolute Gasteiger partial charge is 0.337 e. The van der Waals surface area contributed by atoms with Gasteiger partial charge in [-0.05, 0) is 37.0 Å². The number of hydrogen-bond donors (Lipinski definition) is 2. The first kappa shape index (κ1) is 18.2. The van der Waals surface area contributed by atoms with Gasteiger partial charge in [0.25, 0.3) is 0 Å². The summed E-state index contributed by atoms with van der Waals surface area (Å²) in [5.74, 6) is -0.0155. The van der Waals surface area contributed by atoms with Gasteiger partial charge >= 0.3 is 0 Å². The molecule has 2 aromatic rings. The molecule has 2 aromatic carbocycles. The molecule has 2 aliphatic heterocycles. The Balaban J connectivity index is 1.42. The van der Waals surface area contributed by atoms with Crippen LogP contribution in [0.15, 0.2) is 65.6 Å². The van der Waals surface area contributed by atoms with E-state index < -0.39 is 15.7 Å². The number of benzene rings is 2. The van der Waals surface area contributed by atoms with Gasteiger partial charge in [-0.15, -0.1) is 0 Å². The van der Waals surface area contributed by atoms with Crippen molar-refractivity contribution in [2.24, 2.45) is 0 Å². The maximum Gasteiger partial charge on any atom is 0.243 e. The molecule has 1 atom stereocenters. The van der Waals surface area contributed by atoms with Crippen LogP contribution in [0.25, 0.3) is 0 Å². The minimum absolute atomic E-state index is 0.0155. The van der Waals surface area contributed by atoms with Crippen molar-refractivity contribution in [2.75, 3.05) is 13.1 Å². The standard InChI is InChI=1S/C20H23N3O3S/c24-19-18(15-16-7-3-1-4-8-16)21-20(22-19)11-13-23(14-12-20)27(25,26)17-9-5-2-6-10-17/h1-10,18,21H,11-15H2,(H,22,24). The van der Waals surface area contributed by atoms with Gasteiger partial charge in [-0.1, -0.05) is 48.5 Å². The zero-order valence-corrected chi connectivity index (χ0v) is 15.8. The van der Waals surface area contributed by atoms with Crippen molar-refractivity contribution >= 4 is 15.9 Å². The summed E-state index contributed by atoms with van der Waals surface area (Å²) < 4.78 is 27.1. The molecule has 2 fully saturated rings. The topological polar surface area (TPSA) is 78.5 Å². The second-order valence-electron chi connectivity index (χ2n) is 7.18. The number of rotatable bonds is 4. The smallest absolute Gasteiger partial charge is 0.243 e. The number of carbonyl (C=O) groups excluding carboxylic acids is 1. The van der Waals surface area contributed by atoms with Crippen LogP contribution >= 0.6 is 0 Å². The van der Waals surface area contributed by atoms with E-state index in [2.05, 4.69) is 10.6 Å². The zero-order valence-electron chi connectivity index (χ0n) is 15.0. The third-order valence-corrected chi connectivity index (χ3v) is 7.28. The molecule has 27 heavy (non-hydrogen) atoms. The molecule has 2 N–H and O–H groups in total. The van der Waals surface area contributed by atoms with Crippen molar-refractivity contribution in [1.29, 1.82) is 0 Å². The molecule has 2 aliphatic rings. The number of carbonyl (C=O) groups is 1. The number of nitrogens with one attached hydrogen (secondary N) is 2. The Morgan fingerprint density at radius 2 is 1.56 bits per heavy atom. The lowest BCUT2D eigenvalue weighted by Gasteiger charge is -2.38. The minimum atomic E-state index is -3.49. The van der Waals surface area contributed by atoms with Crippen LogP contribution in [0.4, 0.5) is 0 Å². The molecular formula is C20H23N3O3S. The number of piperidine rings is 1. The van der Waals surface area contributed by atoms with Crippen molar-refractivity contribution in [3.05, 3.63) is 66.2 Å². The second kappa shape index (κ2) is 7.07. The lowest BCUT2D eigenvalue weighted by atomic mass is 9.99. The molecule has 7 heteroatoms. The van der Waals surface area contributed by atoms with E-state index >= 15 is 0 Å². The van der Waals surface area contributed by atoms with Crippen LogP contribution in [0, 0.1) is 0 Å². The lowest BCUT2D eigenvalue weighted by molar-refractivity contribution is -0.121. The number of hydrogen-bond acceptors (Lipinski definition) is 4. The summed E-state index contributed by atoms with van der Waals surface area (Å²) in [6.07, 6.45) is 1.73. The predicted octanol–water partition coefficient (Wildman–Crippen LogP) is 1.50. The van der Waals surface area contributed by atoms with Gasteiger partial charge in [0.05, 0.1) is 16.6 Å². The molecule has 6 nitrogen and oxygen atoms in total. The molecule has 1 unspecified atom stereocenters. The fraction of sp³-hybridized carbons (Fsp3) is 0.350. The first-order chi connectivity index (χ1) is 13.0. The Kier molecular flexibility index (Phi) is 4.75. The van der Waals surface area contributed by atoms with Crippen LogP contribution in [-0.4, -0.2) is 43.4 Å². The van der Waals surface area contributed by atoms with Crippen LogP contribution in [0.2, 0.25) is 0 Å². The number of nitrogens with zero attached hydrogens (tertiary/aromatic N) is 1. The van der Waals surface area contributed by atoms with E-state index in [1.807, 2.05) is 30.3 Å². The Bertz CT molecular complexity index is 908. The van der Waals surface area contributed by atoms with Crippen molar-refractivity contribution in [3.63, 3.8) is 0 Å². The second-order valence-corrected chi connectivity index (χ2v) is 9.11. The summed E-state index contributed by atoms with van der Waals surface area (Å²) in [7, 11) is -3.49. The van der Waals surface area contributed by atoms with Crippen LogP contribution < -0.4 is 10.6 Å². The van der Waals surface area contributed by atoms with E-state index in [9.17, 15) is 13.2 Å². The zero-order chi connectivity index (χ0) is 18.9. The molecule has 0 saturated carbocycles. The predicted molar refractivity (Wildman–Crippen MR) is 102 cm³/mol. The highest BCUT2D eigenvalue weighted by Crippen LogP contribution is 2.28. The van der Waals surface area contributed by atoms with E-state index in [-0.39, 0.29) is 11.9 Å². The highest BCUT2D eigenvalue weighted by atomic mass is 32.2. The van der Waals surface area contributed by atoms with Gasteiger partial charge in [0, 0.05) is 13.1 Å². The van der Waals surface area contributed by atoms with Gasteiger partial charge in [0.2, 0.25) is 15.9 Å². The van der Waals surface area contributed by atoms with Crippen molar-refractivity contribution in [2.45, 2.75) is 35.9 Å². The minimum Gasteiger partial charge on any atom is -0.337 e. The van der Waals surface area contributed by atoms with E-state index in [0.29, 0.717) is 37.2 Å². The summed E-state index contributed by atoms with van der Waals surface area (Å²) in [5.41, 5.74) is 0.588. The molecule has 2 saturated heterocycles. The lowest BCUT2D eigenvalue weighted by Crippen LogP contribution is -2.58. The average molecular weight is 385 g/mol. The number of amides is 1. The fourth-order valence-electron chi connectivity index (χ4n) is 3.87. The summed E-state index contributed by atoms with van der Waals surface area (Å²) >= 11 is 0.